The van der Waals surface area contributed by atoms with Crippen molar-refractivity contribution in [1.82, 2.24) is 14.9 Å². The number of morpholine rings is 1. The number of likely N-dealkylation sites (N-methyl/N-ethyl adjacent to an activating group) is 1. The molecule has 1 aromatic carbocycles. The monoisotopic (exact) mass is 272 g/mol. The Bertz CT molecular complexity index is 587. The van der Waals surface area contributed by atoms with E-state index in [2.05, 4.69) is 28.9 Å². The second-order valence-electron chi connectivity index (χ2n) is 5.42. The van der Waals surface area contributed by atoms with E-state index in [4.69, 9.17) is 9.72 Å². The molecule has 0 saturated carbocycles. The fourth-order valence-electron chi connectivity index (χ4n) is 2.54. The average Bonchev–Trinajstić information content (AvgIpc) is 2.46. The number of hydrogen-bond acceptors (Lipinski definition) is 5. The first kappa shape index (κ1) is 13.3. The molecule has 2 aromatic rings. The highest BCUT2D eigenvalue weighted by molar-refractivity contribution is 5.75. The van der Waals surface area contributed by atoms with E-state index in [1.54, 1.807) is 0 Å². The Balaban J connectivity index is 1.79. The molecule has 0 radical (unpaired) electrons. The van der Waals surface area contributed by atoms with Crippen molar-refractivity contribution < 1.29 is 4.74 Å². The van der Waals surface area contributed by atoms with Gasteiger partial charge >= 0.3 is 0 Å². The first-order chi connectivity index (χ1) is 9.72. The average molecular weight is 272 g/mol. The summed E-state index contributed by atoms with van der Waals surface area (Å²) >= 11 is 0. The molecule has 1 saturated heterocycles. The highest BCUT2D eigenvalue weighted by Crippen LogP contribution is 2.18. The molecule has 0 bridgehead atoms. The van der Waals surface area contributed by atoms with Crippen LogP contribution in [0.25, 0.3) is 11.0 Å². The molecule has 2 heterocycles. The van der Waals surface area contributed by atoms with Gasteiger partial charge in [0.1, 0.15) is 5.82 Å². The van der Waals surface area contributed by atoms with Gasteiger partial charge in [-0.3, -0.25) is 4.98 Å². The third-order valence-corrected chi connectivity index (χ3v) is 3.47. The summed E-state index contributed by atoms with van der Waals surface area (Å²) in [5.41, 5.74) is 1.88. The lowest BCUT2D eigenvalue weighted by atomic mass is 10.2. The van der Waals surface area contributed by atoms with Gasteiger partial charge in [0.05, 0.1) is 29.9 Å². The van der Waals surface area contributed by atoms with Gasteiger partial charge in [0.2, 0.25) is 0 Å². The highest BCUT2D eigenvalue weighted by atomic mass is 16.5. The van der Waals surface area contributed by atoms with Gasteiger partial charge in [-0.25, -0.2) is 4.98 Å². The lowest BCUT2D eigenvalue weighted by Gasteiger charge is -2.34. The van der Waals surface area contributed by atoms with E-state index in [1.165, 1.54) is 0 Å². The Hall–Kier alpha value is -1.72. The van der Waals surface area contributed by atoms with Crippen LogP contribution in [-0.4, -0.2) is 61.3 Å². The number of aromatic nitrogens is 2. The van der Waals surface area contributed by atoms with Gasteiger partial charge in [0, 0.05) is 19.6 Å². The van der Waals surface area contributed by atoms with Crippen molar-refractivity contribution in [1.29, 1.82) is 0 Å². The van der Waals surface area contributed by atoms with Crippen LogP contribution in [0.15, 0.2) is 30.5 Å². The predicted octanol–water partition coefficient (Wildman–Crippen LogP) is 1.40. The number of hydrogen-bond donors (Lipinski definition) is 0. The van der Waals surface area contributed by atoms with Crippen LogP contribution in [0.2, 0.25) is 0 Å². The van der Waals surface area contributed by atoms with Crippen molar-refractivity contribution in [3.8, 4) is 0 Å². The van der Waals surface area contributed by atoms with E-state index in [1.807, 2.05) is 30.5 Å². The molecule has 106 valence electrons. The molecule has 1 fully saturated rings. The smallest absolute Gasteiger partial charge is 0.148 e. The summed E-state index contributed by atoms with van der Waals surface area (Å²) in [5.74, 6) is 0.941. The van der Waals surface area contributed by atoms with Crippen LogP contribution < -0.4 is 4.90 Å². The highest BCUT2D eigenvalue weighted by Gasteiger charge is 2.22. The maximum absolute atomic E-state index is 5.80. The zero-order valence-electron chi connectivity index (χ0n) is 12.0. The van der Waals surface area contributed by atoms with Gasteiger partial charge < -0.3 is 14.5 Å². The standard InChI is InChI=1S/C15H20N4O/c1-18(2)10-12-11-19(7-8-20-12)15-9-16-13-5-3-4-6-14(13)17-15/h3-6,9,12H,7-8,10-11H2,1-2H3. The number of anilines is 1. The van der Waals surface area contributed by atoms with Crippen LogP contribution >= 0.6 is 0 Å². The summed E-state index contributed by atoms with van der Waals surface area (Å²) in [7, 11) is 4.14. The Labute approximate surface area is 119 Å². The molecule has 0 amide bonds. The maximum atomic E-state index is 5.80. The van der Waals surface area contributed by atoms with Gasteiger partial charge in [-0.05, 0) is 26.2 Å². The summed E-state index contributed by atoms with van der Waals surface area (Å²) in [6.07, 6.45) is 2.09. The Morgan fingerprint density at radius 2 is 2.10 bits per heavy atom. The van der Waals surface area contributed by atoms with Gasteiger partial charge in [0.25, 0.3) is 0 Å². The van der Waals surface area contributed by atoms with Crippen molar-refractivity contribution in [3.63, 3.8) is 0 Å². The van der Waals surface area contributed by atoms with E-state index < -0.39 is 0 Å². The largest absolute Gasteiger partial charge is 0.373 e. The van der Waals surface area contributed by atoms with Crippen LogP contribution in [-0.2, 0) is 4.74 Å². The lowest BCUT2D eigenvalue weighted by Crippen LogP contribution is -2.46. The normalized spacial score (nSPS) is 19.8. The molecule has 0 spiro atoms. The van der Waals surface area contributed by atoms with Crippen molar-refractivity contribution in [2.24, 2.45) is 0 Å². The summed E-state index contributed by atoms with van der Waals surface area (Å²) in [5, 5.41) is 0. The van der Waals surface area contributed by atoms with E-state index in [-0.39, 0.29) is 6.10 Å². The zero-order chi connectivity index (χ0) is 13.9. The molecule has 3 rings (SSSR count). The maximum Gasteiger partial charge on any atom is 0.148 e. The second-order valence-corrected chi connectivity index (χ2v) is 5.42. The predicted molar refractivity (Wildman–Crippen MR) is 80.0 cm³/mol. The molecule has 5 heteroatoms. The van der Waals surface area contributed by atoms with Crippen LogP contribution in [0, 0.1) is 0 Å². The number of ether oxygens (including phenoxy) is 1. The van der Waals surface area contributed by atoms with Crippen molar-refractivity contribution in [2.45, 2.75) is 6.10 Å². The number of fused-ring (bicyclic) bond motifs is 1. The molecule has 1 aliphatic rings. The third kappa shape index (κ3) is 2.89. The minimum absolute atomic E-state index is 0.229. The molecular formula is C15H20N4O. The molecule has 1 atom stereocenters. The van der Waals surface area contributed by atoms with E-state index in [9.17, 15) is 0 Å². The van der Waals surface area contributed by atoms with Gasteiger partial charge in [-0.2, -0.15) is 0 Å². The van der Waals surface area contributed by atoms with E-state index in [0.717, 1.165) is 43.1 Å². The fraction of sp³-hybridized carbons (Fsp3) is 0.467. The summed E-state index contributed by atoms with van der Waals surface area (Å²) in [6.45, 7) is 3.41. The number of para-hydroxylation sites is 2. The van der Waals surface area contributed by atoms with Crippen molar-refractivity contribution in [3.05, 3.63) is 30.5 Å². The molecule has 1 unspecified atom stereocenters. The molecule has 1 aliphatic heterocycles. The second kappa shape index (κ2) is 5.73. The summed E-state index contributed by atoms with van der Waals surface area (Å²) in [4.78, 5) is 13.6. The minimum Gasteiger partial charge on any atom is -0.373 e. The molecule has 20 heavy (non-hydrogen) atoms. The summed E-state index contributed by atoms with van der Waals surface area (Å²) < 4.78 is 5.80. The Kier molecular flexibility index (Phi) is 3.80. The van der Waals surface area contributed by atoms with Crippen molar-refractivity contribution in [2.75, 3.05) is 45.2 Å². The van der Waals surface area contributed by atoms with Gasteiger partial charge in [-0.15, -0.1) is 0 Å². The number of rotatable bonds is 3. The van der Waals surface area contributed by atoms with Crippen LogP contribution in [0.3, 0.4) is 0 Å². The van der Waals surface area contributed by atoms with Crippen LogP contribution in [0.1, 0.15) is 0 Å². The number of benzene rings is 1. The topological polar surface area (TPSA) is 41.5 Å². The fourth-order valence-corrected chi connectivity index (χ4v) is 2.54. The Morgan fingerprint density at radius 1 is 1.30 bits per heavy atom. The lowest BCUT2D eigenvalue weighted by molar-refractivity contribution is 0.0245. The summed E-state index contributed by atoms with van der Waals surface area (Å²) in [6, 6.07) is 7.97. The third-order valence-electron chi connectivity index (χ3n) is 3.47. The first-order valence-corrected chi connectivity index (χ1v) is 6.95. The van der Waals surface area contributed by atoms with Crippen LogP contribution in [0.5, 0.6) is 0 Å². The first-order valence-electron chi connectivity index (χ1n) is 6.95. The molecule has 0 aliphatic carbocycles. The Morgan fingerprint density at radius 3 is 2.90 bits per heavy atom. The molecular weight excluding hydrogens is 252 g/mol. The van der Waals surface area contributed by atoms with E-state index in [0.29, 0.717) is 0 Å². The SMILES string of the molecule is CN(C)CC1CN(c2cnc3ccccc3n2)CCO1. The van der Waals surface area contributed by atoms with Crippen LogP contribution in [0.4, 0.5) is 5.82 Å². The van der Waals surface area contributed by atoms with Gasteiger partial charge in [-0.1, -0.05) is 12.1 Å². The molecule has 1 aromatic heterocycles. The van der Waals surface area contributed by atoms with Crippen molar-refractivity contribution >= 4 is 16.9 Å². The minimum atomic E-state index is 0.229. The molecule has 0 N–H and O–H groups in total. The number of nitrogens with zero attached hydrogens (tertiary/aromatic N) is 4. The van der Waals surface area contributed by atoms with E-state index >= 15 is 0 Å². The quantitative estimate of drug-likeness (QED) is 0.845. The van der Waals surface area contributed by atoms with Gasteiger partial charge in [0.15, 0.2) is 0 Å². The zero-order valence-corrected chi connectivity index (χ0v) is 12.0. The molecule has 5 nitrogen and oxygen atoms in total.